The monoisotopic (exact) mass is 376 g/mol. The third-order valence-electron chi connectivity index (χ3n) is 4.36. The van der Waals surface area contributed by atoms with E-state index in [1.807, 2.05) is 20.8 Å². The first-order valence-electron chi connectivity index (χ1n) is 9.98. The molecule has 0 aromatic heterocycles. The van der Waals surface area contributed by atoms with E-state index in [2.05, 4.69) is 0 Å². The number of esters is 2. The Morgan fingerprint density at radius 3 is 1.81 bits per heavy atom. The standard InChI is InChI=1S/C22H32O5/c1-5-8-11-18-17(16(4)23)12-13-19(21(24)26-14-9-6-2)20(18)22(25)27-15-10-7-3/h12-13H,5-11,14-15H2,1-4H3. The second-order valence-electron chi connectivity index (χ2n) is 6.65. The molecular formula is C22H32O5. The van der Waals surface area contributed by atoms with Gasteiger partial charge in [0.05, 0.1) is 24.3 Å². The molecule has 1 aromatic carbocycles. The first kappa shape index (κ1) is 22.9. The lowest BCUT2D eigenvalue weighted by Gasteiger charge is -2.16. The molecule has 0 aliphatic heterocycles. The van der Waals surface area contributed by atoms with Crippen molar-refractivity contribution in [1.82, 2.24) is 0 Å². The third-order valence-corrected chi connectivity index (χ3v) is 4.36. The van der Waals surface area contributed by atoms with E-state index < -0.39 is 11.9 Å². The molecule has 0 saturated carbocycles. The zero-order valence-corrected chi connectivity index (χ0v) is 17.1. The number of ether oxygens (including phenoxy) is 2. The second-order valence-corrected chi connectivity index (χ2v) is 6.65. The van der Waals surface area contributed by atoms with Gasteiger partial charge < -0.3 is 9.47 Å². The van der Waals surface area contributed by atoms with Crippen molar-refractivity contribution in [3.05, 3.63) is 34.4 Å². The van der Waals surface area contributed by atoms with Gasteiger partial charge in [-0.3, -0.25) is 4.79 Å². The van der Waals surface area contributed by atoms with Gasteiger partial charge in [0.15, 0.2) is 5.78 Å². The predicted molar refractivity (Wildman–Crippen MR) is 105 cm³/mol. The van der Waals surface area contributed by atoms with Crippen molar-refractivity contribution < 1.29 is 23.9 Å². The zero-order valence-electron chi connectivity index (χ0n) is 17.1. The van der Waals surface area contributed by atoms with Gasteiger partial charge >= 0.3 is 11.9 Å². The Kier molecular flexibility index (Phi) is 10.4. The van der Waals surface area contributed by atoms with Crippen LogP contribution in [0, 0.1) is 0 Å². The van der Waals surface area contributed by atoms with E-state index in [-0.39, 0.29) is 23.5 Å². The van der Waals surface area contributed by atoms with Crippen LogP contribution in [0.2, 0.25) is 0 Å². The van der Waals surface area contributed by atoms with E-state index in [0.29, 0.717) is 24.2 Å². The molecule has 0 heterocycles. The molecule has 27 heavy (non-hydrogen) atoms. The molecule has 0 fully saturated rings. The van der Waals surface area contributed by atoms with Crippen molar-refractivity contribution in [2.24, 2.45) is 0 Å². The van der Waals surface area contributed by atoms with Crippen molar-refractivity contribution in [3.63, 3.8) is 0 Å². The summed E-state index contributed by atoms with van der Waals surface area (Å²) in [6.07, 6.45) is 5.57. The molecule has 150 valence electrons. The van der Waals surface area contributed by atoms with Crippen LogP contribution < -0.4 is 0 Å². The third kappa shape index (κ3) is 6.81. The van der Waals surface area contributed by atoms with E-state index in [0.717, 1.165) is 38.5 Å². The molecule has 1 rings (SSSR count). The number of benzene rings is 1. The van der Waals surface area contributed by atoms with Gasteiger partial charge in [-0.05, 0) is 44.2 Å². The molecule has 0 bridgehead atoms. The lowest BCUT2D eigenvalue weighted by molar-refractivity contribution is 0.0451. The van der Waals surface area contributed by atoms with E-state index in [1.165, 1.54) is 13.0 Å². The quantitative estimate of drug-likeness (QED) is 0.287. The highest BCUT2D eigenvalue weighted by molar-refractivity contribution is 6.07. The molecule has 0 saturated heterocycles. The molecule has 5 heteroatoms. The summed E-state index contributed by atoms with van der Waals surface area (Å²) in [7, 11) is 0. The molecule has 1 aromatic rings. The van der Waals surface area contributed by atoms with E-state index in [4.69, 9.17) is 9.47 Å². The van der Waals surface area contributed by atoms with Gasteiger partial charge in [-0.25, -0.2) is 9.59 Å². The molecule has 0 aliphatic carbocycles. The summed E-state index contributed by atoms with van der Waals surface area (Å²) in [5.74, 6) is -1.23. The normalized spacial score (nSPS) is 10.5. The fraction of sp³-hybridized carbons (Fsp3) is 0.591. The Morgan fingerprint density at radius 2 is 1.30 bits per heavy atom. The summed E-state index contributed by atoms with van der Waals surface area (Å²) in [6.45, 7) is 8.11. The number of hydrogen-bond acceptors (Lipinski definition) is 5. The van der Waals surface area contributed by atoms with Crippen molar-refractivity contribution in [2.45, 2.75) is 72.6 Å². The lowest BCUT2D eigenvalue weighted by atomic mass is 9.90. The molecule has 0 atom stereocenters. The van der Waals surface area contributed by atoms with Crippen molar-refractivity contribution >= 4 is 17.7 Å². The maximum atomic E-state index is 12.8. The molecule has 0 radical (unpaired) electrons. The van der Waals surface area contributed by atoms with Crippen LogP contribution in [0.1, 0.15) is 103 Å². The highest BCUT2D eigenvalue weighted by atomic mass is 16.5. The van der Waals surface area contributed by atoms with Crippen LogP contribution in [-0.4, -0.2) is 30.9 Å². The van der Waals surface area contributed by atoms with Crippen LogP contribution in [-0.2, 0) is 15.9 Å². The fourth-order valence-corrected chi connectivity index (χ4v) is 2.76. The maximum absolute atomic E-state index is 12.8. The molecule has 0 amide bonds. The summed E-state index contributed by atoms with van der Waals surface area (Å²) in [5, 5.41) is 0. The Bertz CT molecular complexity index is 648. The number of unbranched alkanes of at least 4 members (excludes halogenated alkanes) is 3. The number of carbonyl (C=O) groups excluding carboxylic acids is 3. The summed E-state index contributed by atoms with van der Waals surface area (Å²) in [4.78, 5) is 37.4. The van der Waals surface area contributed by atoms with Gasteiger partial charge in [0.25, 0.3) is 0 Å². The molecule has 0 unspecified atom stereocenters. The van der Waals surface area contributed by atoms with Crippen molar-refractivity contribution in [3.8, 4) is 0 Å². The Balaban J connectivity index is 3.36. The minimum absolute atomic E-state index is 0.130. The summed E-state index contributed by atoms with van der Waals surface area (Å²) >= 11 is 0. The number of Topliss-reactive ketones (excluding diaryl/α,β-unsaturated/α-hetero) is 1. The topological polar surface area (TPSA) is 69.7 Å². The summed E-state index contributed by atoms with van der Waals surface area (Å²) in [5.41, 5.74) is 1.43. The van der Waals surface area contributed by atoms with Gasteiger partial charge in [-0.1, -0.05) is 46.1 Å². The van der Waals surface area contributed by atoms with Crippen LogP contribution in [0.4, 0.5) is 0 Å². The second kappa shape index (κ2) is 12.3. The minimum atomic E-state index is -0.555. The average Bonchev–Trinajstić information content (AvgIpc) is 2.65. The van der Waals surface area contributed by atoms with Crippen molar-refractivity contribution in [2.75, 3.05) is 13.2 Å². The van der Waals surface area contributed by atoms with Crippen LogP contribution in [0.15, 0.2) is 12.1 Å². The Morgan fingerprint density at radius 1 is 0.778 bits per heavy atom. The van der Waals surface area contributed by atoms with Gasteiger partial charge in [-0.2, -0.15) is 0 Å². The summed E-state index contributed by atoms with van der Waals surface area (Å²) < 4.78 is 10.7. The van der Waals surface area contributed by atoms with Gasteiger partial charge in [0, 0.05) is 5.56 Å². The van der Waals surface area contributed by atoms with Crippen LogP contribution >= 0.6 is 0 Å². The Hall–Kier alpha value is -2.17. The molecule has 0 spiro atoms. The Labute approximate surface area is 162 Å². The van der Waals surface area contributed by atoms with E-state index >= 15 is 0 Å². The lowest BCUT2D eigenvalue weighted by Crippen LogP contribution is -2.19. The summed E-state index contributed by atoms with van der Waals surface area (Å²) in [6, 6.07) is 3.13. The fourth-order valence-electron chi connectivity index (χ4n) is 2.76. The van der Waals surface area contributed by atoms with Gasteiger partial charge in [0.1, 0.15) is 0 Å². The highest BCUT2D eigenvalue weighted by Crippen LogP contribution is 2.25. The largest absolute Gasteiger partial charge is 0.462 e. The van der Waals surface area contributed by atoms with Crippen LogP contribution in [0.25, 0.3) is 0 Å². The molecule has 0 N–H and O–H groups in total. The highest BCUT2D eigenvalue weighted by Gasteiger charge is 2.26. The number of hydrogen-bond donors (Lipinski definition) is 0. The molecule has 0 aliphatic rings. The smallest absolute Gasteiger partial charge is 0.339 e. The van der Waals surface area contributed by atoms with E-state index in [9.17, 15) is 14.4 Å². The minimum Gasteiger partial charge on any atom is -0.462 e. The first-order chi connectivity index (χ1) is 13.0. The van der Waals surface area contributed by atoms with Crippen molar-refractivity contribution in [1.29, 1.82) is 0 Å². The van der Waals surface area contributed by atoms with Gasteiger partial charge in [0.2, 0.25) is 0 Å². The molecule has 5 nitrogen and oxygen atoms in total. The maximum Gasteiger partial charge on any atom is 0.339 e. The molecular weight excluding hydrogens is 344 g/mol. The van der Waals surface area contributed by atoms with E-state index in [1.54, 1.807) is 6.07 Å². The predicted octanol–water partition coefficient (Wildman–Crippen LogP) is 5.15. The number of ketones is 1. The van der Waals surface area contributed by atoms with Gasteiger partial charge in [-0.15, -0.1) is 0 Å². The number of carbonyl (C=O) groups is 3. The zero-order chi connectivity index (χ0) is 20.2. The SMILES string of the molecule is CCCCOC(=O)c1ccc(C(C)=O)c(CCCC)c1C(=O)OCCCC. The first-order valence-corrected chi connectivity index (χ1v) is 9.98. The van der Waals surface area contributed by atoms with Crippen LogP contribution in [0.5, 0.6) is 0 Å². The number of rotatable bonds is 12. The average molecular weight is 376 g/mol. The van der Waals surface area contributed by atoms with Crippen LogP contribution in [0.3, 0.4) is 0 Å².